The predicted molar refractivity (Wildman–Crippen MR) is 402 cm³/mol. The third-order valence-electron chi connectivity index (χ3n) is 29.1. The van der Waals surface area contributed by atoms with Gasteiger partial charge in [-0.15, -0.1) is 0 Å². The van der Waals surface area contributed by atoms with Crippen molar-refractivity contribution >= 4 is 69.6 Å². The summed E-state index contributed by atoms with van der Waals surface area (Å²) in [6.07, 6.45) is 23.3. The van der Waals surface area contributed by atoms with Gasteiger partial charge >= 0.3 is 53.7 Å². The van der Waals surface area contributed by atoms with Crippen LogP contribution in [0.2, 0.25) is 0 Å². The number of rotatable bonds is 27. The molecule has 23 nitrogen and oxygen atoms in total. The lowest BCUT2D eigenvalue weighted by atomic mass is 9.45. The van der Waals surface area contributed by atoms with Crippen molar-refractivity contribution in [2.24, 2.45) is 104 Å². The van der Waals surface area contributed by atoms with Crippen molar-refractivity contribution in [3.8, 4) is 0 Å². The number of ketones is 1. The predicted octanol–water partition coefficient (Wildman–Crippen LogP) is 14.2. The van der Waals surface area contributed by atoms with Crippen molar-refractivity contribution in [1.82, 2.24) is 0 Å². The smallest absolute Gasteiger partial charge is 0.347 e. The van der Waals surface area contributed by atoms with Crippen LogP contribution < -0.4 is 0 Å². The van der Waals surface area contributed by atoms with E-state index in [0.717, 1.165) is 68.6 Å². The molecule has 2 heterocycles. The summed E-state index contributed by atoms with van der Waals surface area (Å²) in [5.74, 6) is 3.74. The number of cyclic esters (lactones) is 1. The highest BCUT2D eigenvalue weighted by molar-refractivity contribution is 7.87. The topological polar surface area (TPSA) is 317 Å². The number of carbonyl (C=O) groups excluding carboxylic acids is 10. The molecule has 8 unspecified atom stereocenters. The molecule has 0 amide bonds. The van der Waals surface area contributed by atoms with Crippen molar-refractivity contribution in [1.29, 1.82) is 0 Å². The van der Waals surface area contributed by atoms with Crippen LogP contribution in [0.25, 0.3) is 0 Å². The molecular formula is C85H134O23S. The maximum absolute atomic E-state index is 12.6. The molecule has 2 aliphatic heterocycles. The maximum Gasteiger partial charge on any atom is 0.347 e. The number of aliphatic hydroxyl groups is 1. The van der Waals surface area contributed by atoms with Crippen LogP contribution in [0.4, 0.5) is 0 Å². The van der Waals surface area contributed by atoms with E-state index in [2.05, 4.69) is 20.8 Å². The second kappa shape index (κ2) is 34.5. The van der Waals surface area contributed by atoms with Crippen LogP contribution in [0.15, 0.2) is 0 Å². The van der Waals surface area contributed by atoms with Gasteiger partial charge in [-0.25, -0.2) is 9.59 Å². The molecule has 14 bridgehead atoms. The number of esters is 9. The molecule has 0 aromatic heterocycles. The zero-order valence-electron chi connectivity index (χ0n) is 68.9. The summed E-state index contributed by atoms with van der Waals surface area (Å²) in [4.78, 5) is 119. The Labute approximate surface area is 649 Å². The van der Waals surface area contributed by atoms with E-state index in [4.69, 9.17) is 46.8 Å². The van der Waals surface area contributed by atoms with E-state index in [1.165, 1.54) is 70.6 Å². The molecule has 618 valence electrons. The van der Waals surface area contributed by atoms with Gasteiger partial charge in [-0.05, 0) is 282 Å². The first kappa shape index (κ1) is 87.7. The molecule has 8 atom stereocenters. The Morgan fingerprint density at radius 3 is 1.44 bits per heavy atom. The van der Waals surface area contributed by atoms with Crippen molar-refractivity contribution in [3.63, 3.8) is 0 Å². The average Bonchev–Trinajstić information content (AvgIpc) is 1.71. The zero-order chi connectivity index (χ0) is 80.4. The van der Waals surface area contributed by atoms with Crippen molar-refractivity contribution in [3.05, 3.63) is 0 Å². The van der Waals surface area contributed by atoms with Crippen molar-refractivity contribution in [2.75, 3.05) is 33.0 Å². The van der Waals surface area contributed by atoms with Gasteiger partial charge in [-0.1, -0.05) is 48.5 Å². The monoisotopic (exact) mass is 1550 g/mol. The van der Waals surface area contributed by atoms with Crippen LogP contribution in [0.1, 0.15) is 297 Å². The van der Waals surface area contributed by atoms with E-state index < -0.39 is 97.4 Å². The number of carbonyl (C=O) groups is 10. The van der Waals surface area contributed by atoms with Crippen LogP contribution in [0, 0.1) is 104 Å². The molecule has 2 saturated heterocycles. The van der Waals surface area contributed by atoms with Gasteiger partial charge in [-0.3, -0.25) is 42.5 Å². The highest BCUT2D eigenvalue weighted by Crippen LogP contribution is 2.65. The summed E-state index contributed by atoms with van der Waals surface area (Å²) in [6, 6.07) is 0. The van der Waals surface area contributed by atoms with Crippen LogP contribution in [-0.4, -0.2) is 146 Å². The second-order valence-electron chi connectivity index (χ2n) is 38.9. The molecule has 14 saturated carbocycles. The van der Waals surface area contributed by atoms with Gasteiger partial charge in [0, 0.05) is 31.1 Å². The van der Waals surface area contributed by atoms with Crippen LogP contribution >= 0.6 is 0 Å². The minimum atomic E-state index is -3.56. The molecule has 14 aliphatic carbocycles. The highest BCUT2D eigenvalue weighted by atomic mass is 32.2. The number of Topliss-reactive ketones (excluding diaryl/α,β-unsaturated/α-hetero) is 1. The molecule has 1 N–H and O–H groups in total. The SMILES string of the molecule is CCC(C)(C)C(=O)OC1(CC)C2CC3CC(C2)CC1C3.CCC(C)(C)C(=O)OC12CC3CC(CC(O)(C3)C1)C2.CCC(C)(C)C(=O)OC1CCOC1=O.CCC(C)(C)C(=O)OCC(=O)OCC(=O)CC1(C)C2CC3CC(C2)CC1C3.CCC(C)(C)C(=O)OCCOC(=O)CCC(=O)OC1C2CC3C1OS(=O)(=O)C3C2. The Hall–Kier alpha value is -5.23. The van der Waals surface area contributed by atoms with Gasteiger partial charge in [-0.2, -0.15) is 8.42 Å². The Kier molecular flexibility index (Phi) is 27.7. The Morgan fingerprint density at radius 2 is 0.954 bits per heavy atom. The highest BCUT2D eigenvalue weighted by Gasteiger charge is 2.66. The molecular weight excluding hydrogens is 1420 g/mol. The van der Waals surface area contributed by atoms with Gasteiger partial charge < -0.3 is 47.7 Å². The Bertz CT molecular complexity index is 3340. The first-order valence-electron chi connectivity index (χ1n) is 41.7. The van der Waals surface area contributed by atoms with E-state index in [1.54, 1.807) is 41.5 Å². The lowest BCUT2D eigenvalue weighted by Gasteiger charge is -2.60. The van der Waals surface area contributed by atoms with Crippen LogP contribution in [-0.2, 0) is 105 Å². The fraction of sp³-hybridized carbons (Fsp3) is 0.882. The maximum atomic E-state index is 12.6. The quantitative estimate of drug-likeness (QED) is 0.0345. The van der Waals surface area contributed by atoms with E-state index in [0.29, 0.717) is 93.5 Å². The summed E-state index contributed by atoms with van der Waals surface area (Å²) in [6.45, 7) is 32.5. The van der Waals surface area contributed by atoms with E-state index in [-0.39, 0.29) is 96.2 Å². The molecule has 16 fully saturated rings. The summed E-state index contributed by atoms with van der Waals surface area (Å²) < 4.78 is 76.5. The Morgan fingerprint density at radius 1 is 0.495 bits per heavy atom. The normalized spacial score (nSPS) is 35.3. The van der Waals surface area contributed by atoms with E-state index in [9.17, 15) is 61.5 Å². The molecule has 24 heteroatoms. The van der Waals surface area contributed by atoms with Crippen LogP contribution in [0.3, 0.4) is 0 Å². The van der Waals surface area contributed by atoms with Gasteiger partial charge in [0.1, 0.15) is 43.2 Å². The molecule has 0 spiro atoms. The molecule has 16 rings (SSSR count). The van der Waals surface area contributed by atoms with Gasteiger partial charge in [0.25, 0.3) is 10.1 Å². The summed E-state index contributed by atoms with van der Waals surface area (Å²) >= 11 is 0. The standard InChI is InChI=1S/C22H34O5.C19H28O9S.C18H30O2.C16H26O3.C10H16O4/c1-5-21(2,3)20(25)27-13-19(24)26-12-18(23)11-22(4)16-7-14-6-15(9-16)10-17(22)8-14;1-4-19(2,3)18(22)26-8-7-25-14(20)5-6-15(21)27-16-11-9-12-13(10-11)29(23,24)28-17(12)16;1-5-17(3,4)16(19)20-18(6-2)14-8-12-7-13(10-14)11-15(18)9-12;1-4-14(2,3)13(17)19-16-8-11-5-12(9-16)7-15(18,6-11)10-16;1-4-10(2,3)9(12)14-7-5-6-13-8(7)11/h14-17H,5-13H2,1-4H3;11-13,16-17H,4-10H2,1-3H3;12-15H,5-11H2,1-4H3;11-12,18H,4-10H2,1-3H3;7H,4-6H2,1-3H3. The first-order chi connectivity index (χ1) is 50.8. The van der Waals surface area contributed by atoms with Crippen molar-refractivity contribution in [2.45, 2.75) is 338 Å². The molecule has 0 radical (unpaired) electrons. The van der Waals surface area contributed by atoms with Crippen molar-refractivity contribution < 1.29 is 108 Å². The number of hydrogen-bond acceptors (Lipinski definition) is 23. The zero-order valence-corrected chi connectivity index (χ0v) is 69.7. The lowest BCUT2D eigenvalue weighted by molar-refractivity contribution is -0.225. The minimum Gasteiger partial charge on any atom is -0.463 e. The first-order valence-corrected chi connectivity index (χ1v) is 43.2. The number of ether oxygens (including phenoxy) is 9. The molecule has 0 aromatic carbocycles. The third-order valence-corrected chi connectivity index (χ3v) is 30.8. The van der Waals surface area contributed by atoms with E-state index >= 15 is 0 Å². The fourth-order valence-corrected chi connectivity index (χ4v) is 22.7. The molecule has 16 aliphatic rings. The summed E-state index contributed by atoms with van der Waals surface area (Å²) in [5.41, 5.74) is -3.46. The fourth-order valence-electron chi connectivity index (χ4n) is 20.9. The Balaban J connectivity index is 0.000000160. The number of fused-ring (bicyclic) bond motifs is 1. The summed E-state index contributed by atoms with van der Waals surface area (Å²) in [5, 5.41) is 10.2. The lowest BCUT2D eigenvalue weighted by Crippen LogP contribution is -2.61. The minimum absolute atomic E-state index is 0.00904. The second-order valence-corrected chi connectivity index (χ2v) is 40.6. The van der Waals surface area contributed by atoms with Crippen LogP contribution in [0.5, 0.6) is 0 Å². The molecule has 109 heavy (non-hydrogen) atoms. The molecule has 0 aromatic rings. The van der Waals surface area contributed by atoms with Gasteiger partial charge in [0.2, 0.25) is 6.10 Å². The third kappa shape index (κ3) is 20.3. The average molecular weight is 1560 g/mol. The number of hydrogen-bond donors (Lipinski definition) is 1. The van der Waals surface area contributed by atoms with Gasteiger partial charge in [0.15, 0.2) is 12.4 Å². The summed E-state index contributed by atoms with van der Waals surface area (Å²) in [7, 11) is -3.56. The van der Waals surface area contributed by atoms with Gasteiger partial charge in [0.05, 0.1) is 57.4 Å². The largest absolute Gasteiger partial charge is 0.463 e. The van der Waals surface area contributed by atoms with E-state index in [1.807, 2.05) is 55.4 Å².